The number of anilines is 1. The molecule has 0 aliphatic carbocycles. The van der Waals surface area contributed by atoms with E-state index in [-0.39, 0.29) is 11.6 Å². The van der Waals surface area contributed by atoms with Crippen LogP contribution in [0.15, 0.2) is 31.1 Å². The molecule has 0 bridgehead atoms. The third kappa shape index (κ3) is 3.04. The van der Waals surface area contributed by atoms with Crippen molar-refractivity contribution in [2.75, 3.05) is 10.5 Å². The van der Waals surface area contributed by atoms with Gasteiger partial charge in [-0.2, -0.15) is 0 Å². The number of sulfonamides is 1. The van der Waals surface area contributed by atoms with Crippen LogP contribution in [0.3, 0.4) is 0 Å². The molecular formula is C10H13N5O2S. The molecule has 0 spiro atoms. The third-order valence-corrected chi connectivity index (χ3v) is 3.62. The number of imidazole rings is 1. The minimum Gasteiger partial charge on any atom is -0.290 e. The van der Waals surface area contributed by atoms with Crippen LogP contribution in [0.25, 0.3) is 5.82 Å². The van der Waals surface area contributed by atoms with Gasteiger partial charge in [0.05, 0.1) is 5.75 Å². The molecule has 0 aliphatic heterocycles. The molecule has 18 heavy (non-hydrogen) atoms. The highest BCUT2D eigenvalue weighted by molar-refractivity contribution is 7.92. The van der Waals surface area contributed by atoms with Gasteiger partial charge in [-0.3, -0.25) is 9.29 Å². The molecule has 0 radical (unpaired) electrons. The Hall–Kier alpha value is -1.96. The zero-order valence-corrected chi connectivity index (χ0v) is 10.6. The van der Waals surface area contributed by atoms with Crippen molar-refractivity contribution in [3.63, 3.8) is 0 Å². The molecule has 2 rings (SSSR count). The van der Waals surface area contributed by atoms with Crippen molar-refractivity contribution in [2.24, 2.45) is 0 Å². The minimum atomic E-state index is -3.34. The second-order valence-electron chi connectivity index (χ2n) is 3.65. The van der Waals surface area contributed by atoms with Gasteiger partial charge in [0.2, 0.25) is 10.0 Å². The second kappa shape index (κ2) is 5.13. The Morgan fingerprint density at radius 2 is 2.22 bits per heavy atom. The average molecular weight is 267 g/mol. The van der Waals surface area contributed by atoms with Crippen molar-refractivity contribution >= 4 is 15.8 Å². The summed E-state index contributed by atoms with van der Waals surface area (Å²) in [5.74, 6) is 0.871. The first-order chi connectivity index (χ1) is 8.61. The lowest BCUT2D eigenvalue weighted by molar-refractivity contribution is 0.599. The molecule has 2 aromatic rings. The summed E-state index contributed by atoms with van der Waals surface area (Å²) >= 11 is 0. The van der Waals surface area contributed by atoms with Gasteiger partial charge in [0.25, 0.3) is 0 Å². The molecule has 7 nitrogen and oxygen atoms in total. The Kier molecular flexibility index (Phi) is 3.56. The van der Waals surface area contributed by atoms with Crippen molar-refractivity contribution in [2.45, 2.75) is 13.3 Å². The molecule has 0 saturated carbocycles. The summed E-state index contributed by atoms with van der Waals surface area (Å²) in [7, 11) is -3.34. The van der Waals surface area contributed by atoms with Crippen LogP contribution in [0.5, 0.6) is 0 Å². The van der Waals surface area contributed by atoms with E-state index < -0.39 is 10.0 Å². The molecule has 0 aromatic carbocycles. The maximum atomic E-state index is 11.6. The van der Waals surface area contributed by atoms with E-state index in [1.165, 1.54) is 6.33 Å². The van der Waals surface area contributed by atoms with Crippen molar-refractivity contribution in [3.05, 3.63) is 31.1 Å². The average Bonchev–Trinajstić information content (AvgIpc) is 2.81. The van der Waals surface area contributed by atoms with Crippen LogP contribution < -0.4 is 4.72 Å². The highest BCUT2D eigenvalue weighted by Crippen LogP contribution is 2.10. The van der Waals surface area contributed by atoms with Crippen molar-refractivity contribution in [3.8, 4) is 5.82 Å². The first kappa shape index (κ1) is 12.5. The lowest BCUT2D eigenvalue weighted by Gasteiger charge is -2.07. The summed E-state index contributed by atoms with van der Waals surface area (Å²) in [6, 6.07) is 1.55. The predicted octanol–water partition coefficient (Wildman–Crippen LogP) is 0.814. The largest absolute Gasteiger partial charge is 0.290 e. The first-order valence-electron chi connectivity index (χ1n) is 5.41. The zero-order valence-electron chi connectivity index (χ0n) is 9.81. The fourth-order valence-electron chi connectivity index (χ4n) is 1.42. The Labute approximate surface area is 105 Å². The van der Waals surface area contributed by atoms with E-state index in [2.05, 4.69) is 19.7 Å². The van der Waals surface area contributed by atoms with Gasteiger partial charge in [-0.15, -0.1) is 0 Å². The van der Waals surface area contributed by atoms with Crippen LogP contribution >= 0.6 is 0 Å². The Morgan fingerprint density at radius 1 is 1.39 bits per heavy atom. The summed E-state index contributed by atoms with van der Waals surface area (Å²) < 4.78 is 27.3. The van der Waals surface area contributed by atoms with Crippen molar-refractivity contribution in [1.82, 2.24) is 19.5 Å². The molecule has 0 aliphatic rings. The smallest absolute Gasteiger partial charge is 0.233 e. The number of rotatable bonds is 5. The molecule has 2 aromatic heterocycles. The van der Waals surface area contributed by atoms with Crippen LogP contribution in [0.2, 0.25) is 0 Å². The topological polar surface area (TPSA) is 89.8 Å². The van der Waals surface area contributed by atoms with Gasteiger partial charge in [0.1, 0.15) is 24.3 Å². The van der Waals surface area contributed by atoms with Crippen LogP contribution in [0.1, 0.15) is 13.3 Å². The Bertz CT molecular complexity index is 609. The van der Waals surface area contributed by atoms with Gasteiger partial charge in [-0.25, -0.2) is 23.4 Å². The van der Waals surface area contributed by atoms with Gasteiger partial charge < -0.3 is 0 Å². The van der Waals surface area contributed by atoms with E-state index in [1.54, 1.807) is 36.3 Å². The fourth-order valence-corrected chi connectivity index (χ4v) is 2.49. The Balaban J connectivity index is 2.23. The Morgan fingerprint density at radius 3 is 2.89 bits per heavy atom. The summed E-state index contributed by atoms with van der Waals surface area (Å²) in [5.41, 5.74) is 0. The van der Waals surface area contributed by atoms with E-state index >= 15 is 0 Å². The first-order valence-corrected chi connectivity index (χ1v) is 7.07. The molecule has 8 heteroatoms. The monoisotopic (exact) mass is 267 g/mol. The molecule has 0 amide bonds. The van der Waals surface area contributed by atoms with Gasteiger partial charge in [-0.05, 0) is 6.42 Å². The molecule has 2 heterocycles. The summed E-state index contributed by atoms with van der Waals surface area (Å²) in [6.07, 6.45) is 6.76. The maximum Gasteiger partial charge on any atom is 0.233 e. The van der Waals surface area contributed by atoms with Crippen LogP contribution in [-0.2, 0) is 10.0 Å². The molecule has 0 saturated heterocycles. The lowest BCUT2D eigenvalue weighted by atomic mass is 10.5. The van der Waals surface area contributed by atoms with Gasteiger partial charge in [-0.1, -0.05) is 6.92 Å². The van der Waals surface area contributed by atoms with Crippen LogP contribution in [0.4, 0.5) is 5.82 Å². The van der Waals surface area contributed by atoms with Gasteiger partial charge >= 0.3 is 0 Å². The molecule has 0 unspecified atom stereocenters. The molecular weight excluding hydrogens is 254 g/mol. The molecule has 0 fully saturated rings. The maximum absolute atomic E-state index is 11.6. The molecule has 0 atom stereocenters. The predicted molar refractivity (Wildman–Crippen MR) is 66.9 cm³/mol. The van der Waals surface area contributed by atoms with E-state index in [0.29, 0.717) is 12.2 Å². The van der Waals surface area contributed by atoms with E-state index in [4.69, 9.17) is 0 Å². The summed E-state index contributed by atoms with van der Waals surface area (Å²) in [4.78, 5) is 11.8. The standard InChI is InChI=1S/C10H13N5O2S/c1-2-5-18(16,17)14-9-6-10(13-7-12-9)15-4-3-11-8-15/h3-4,6-8H,2,5H2,1H3,(H,12,13,14). The molecule has 1 N–H and O–H groups in total. The number of hydrogen-bond donors (Lipinski definition) is 1. The molecule has 96 valence electrons. The quantitative estimate of drug-likeness (QED) is 0.866. The van der Waals surface area contributed by atoms with Crippen molar-refractivity contribution in [1.29, 1.82) is 0 Å². The number of aromatic nitrogens is 4. The van der Waals surface area contributed by atoms with E-state index in [0.717, 1.165) is 0 Å². The zero-order chi connectivity index (χ0) is 13.0. The number of nitrogens with one attached hydrogen (secondary N) is 1. The van der Waals surface area contributed by atoms with Crippen LogP contribution in [0, 0.1) is 0 Å². The SMILES string of the molecule is CCCS(=O)(=O)Nc1cc(-n2ccnc2)ncn1. The van der Waals surface area contributed by atoms with Gasteiger partial charge in [0.15, 0.2) is 0 Å². The minimum absolute atomic E-state index is 0.0669. The van der Waals surface area contributed by atoms with Crippen molar-refractivity contribution < 1.29 is 8.42 Å². The van der Waals surface area contributed by atoms with E-state index in [1.807, 2.05) is 0 Å². The normalized spacial score (nSPS) is 11.4. The second-order valence-corrected chi connectivity index (χ2v) is 5.49. The van der Waals surface area contributed by atoms with Crippen LogP contribution in [-0.4, -0.2) is 33.7 Å². The summed E-state index contributed by atoms with van der Waals surface area (Å²) in [5, 5.41) is 0. The lowest BCUT2D eigenvalue weighted by Crippen LogP contribution is -2.17. The van der Waals surface area contributed by atoms with E-state index in [9.17, 15) is 8.42 Å². The highest BCUT2D eigenvalue weighted by Gasteiger charge is 2.10. The third-order valence-electron chi connectivity index (χ3n) is 2.15. The summed E-state index contributed by atoms with van der Waals surface area (Å²) in [6.45, 7) is 1.80. The highest BCUT2D eigenvalue weighted by atomic mass is 32.2. The van der Waals surface area contributed by atoms with Gasteiger partial charge in [0, 0.05) is 18.5 Å². The fraction of sp³-hybridized carbons (Fsp3) is 0.300. The number of nitrogens with zero attached hydrogens (tertiary/aromatic N) is 4. The number of hydrogen-bond acceptors (Lipinski definition) is 5.